The Bertz CT molecular complexity index is 725. The smallest absolute Gasteiger partial charge is 0.123 e. The summed E-state index contributed by atoms with van der Waals surface area (Å²) in [5.41, 5.74) is 3.28. The normalized spacial score (nSPS) is 10.8. The first kappa shape index (κ1) is 15.7. The second-order valence-electron chi connectivity index (χ2n) is 5.03. The Morgan fingerprint density at radius 3 is 2.83 bits per heavy atom. The average Bonchev–Trinajstić information content (AvgIpc) is 3.25. The molecule has 3 rings (SSSR count). The maximum absolute atomic E-state index is 8.89. The molecule has 0 radical (unpaired) electrons. The molecular weight excluding hydrogens is 310 g/mol. The number of hydrogen-bond acceptors (Lipinski definition) is 5. The number of nitrogens with zero attached hydrogens (tertiary/aromatic N) is 1. The van der Waals surface area contributed by atoms with Crippen molar-refractivity contribution in [1.82, 2.24) is 15.5 Å². The summed E-state index contributed by atoms with van der Waals surface area (Å²) < 4.78 is 5.55. The Labute approximate surface area is 139 Å². The van der Waals surface area contributed by atoms with Gasteiger partial charge in [-0.15, -0.1) is 11.3 Å². The van der Waals surface area contributed by atoms with Crippen LogP contribution in [0, 0.1) is 0 Å². The van der Waals surface area contributed by atoms with Gasteiger partial charge in [-0.25, -0.2) is 0 Å². The Morgan fingerprint density at radius 1 is 1.13 bits per heavy atom. The molecule has 2 heterocycles. The van der Waals surface area contributed by atoms with Crippen molar-refractivity contribution >= 4 is 11.3 Å². The number of ether oxygens (including phenoxy) is 1. The molecule has 0 atom stereocenters. The summed E-state index contributed by atoms with van der Waals surface area (Å²) in [6.07, 6.45) is 1.86. The van der Waals surface area contributed by atoms with Gasteiger partial charge in [-0.2, -0.15) is 5.10 Å². The fourth-order valence-electron chi connectivity index (χ4n) is 2.36. The van der Waals surface area contributed by atoms with Crippen molar-refractivity contribution in [3.05, 3.63) is 59.1 Å². The average molecular weight is 329 g/mol. The van der Waals surface area contributed by atoms with Crippen LogP contribution in [0.3, 0.4) is 0 Å². The monoisotopic (exact) mass is 329 g/mol. The summed E-state index contributed by atoms with van der Waals surface area (Å²) in [6, 6.07) is 12.0. The van der Waals surface area contributed by atoms with E-state index in [-0.39, 0.29) is 6.61 Å². The molecule has 0 saturated heterocycles. The zero-order valence-electron chi connectivity index (χ0n) is 12.7. The van der Waals surface area contributed by atoms with E-state index in [2.05, 4.69) is 27.0 Å². The van der Waals surface area contributed by atoms with Crippen LogP contribution in [0.25, 0.3) is 10.6 Å². The van der Waals surface area contributed by atoms with Crippen LogP contribution in [0.5, 0.6) is 5.75 Å². The van der Waals surface area contributed by atoms with E-state index < -0.39 is 0 Å². The number of H-pyrrole nitrogens is 1. The summed E-state index contributed by atoms with van der Waals surface area (Å²) in [6.45, 7) is 1.73. The number of hydrogen-bond donors (Lipinski definition) is 3. The Hall–Kier alpha value is -2.15. The van der Waals surface area contributed by atoms with Crippen LogP contribution in [0.2, 0.25) is 0 Å². The maximum Gasteiger partial charge on any atom is 0.123 e. The van der Waals surface area contributed by atoms with Gasteiger partial charge in [0, 0.05) is 24.2 Å². The second kappa shape index (κ2) is 7.92. The van der Waals surface area contributed by atoms with Crippen molar-refractivity contribution in [3.63, 3.8) is 0 Å². The highest BCUT2D eigenvalue weighted by Gasteiger charge is 2.09. The largest absolute Gasteiger partial charge is 0.491 e. The lowest BCUT2D eigenvalue weighted by molar-refractivity contribution is 0.200. The fourth-order valence-corrected chi connectivity index (χ4v) is 3.11. The van der Waals surface area contributed by atoms with Crippen LogP contribution in [-0.4, -0.2) is 28.5 Å². The zero-order valence-corrected chi connectivity index (χ0v) is 13.5. The minimum Gasteiger partial charge on any atom is -0.491 e. The van der Waals surface area contributed by atoms with Gasteiger partial charge >= 0.3 is 0 Å². The molecule has 6 heteroatoms. The standard InChI is InChI=1S/C17H19N3O2S/c21-7-8-22-15-5-2-1-4-13(15)10-18-11-14-12-19-20-17(14)16-6-3-9-23-16/h1-6,9,12,18,21H,7-8,10-11H2,(H,19,20). The Kier molecular flexibility index (Phi) is 5.42. The number of aromatic amines is 1. The van der Waals surface area contributed by atoms with Gasteiger partial charge in [-0.05, 0) is 17.5 Å². The highest BCUT2D eigenvalue weighted by molar-refractivity contribution is 7.13. The minimum absolute atomic E-state index is 0.0148. The first-order valence-electron chi connectivity index (χ1n) is 7.47. The molecule has 0 aliphatic heterocycles. The van der Waals surface area contributed by atoms with Crippen molar-refractivity contribution < 1.29 is 9.84 Å². The number of benzene rings is 1. The molecule has 3 aromatic rings. The van der Waals surface area contributed by atoms with Gasteiger partial charge in [0.05, 0.1) is 23.4 Å². The van der Waals surface area contributed by atoms with Gasteiger partial charge in [0.1, 0.15) is 12.4 Å². The van der Waals surface area contributed by atoms with Gasteiger partial charge in [0.25, 0.3) is 0 Å². The molecule has 0 saturated carbocycles. The number of para-hydroxylation sites is 1. The van der Waals surface area contributed by atoms with E-state index in [4.69, 9.17) is 9.84 Å². The lowest BCUT2D eigenvalue weighted by Crippen LogP contribution is -2.14. The highest BCUT2D eigenvalue weighted by Crippen LogP contribution is 2.25. The highest BCUT2D eigenvalue weighted by atomic mass is 32.1. The third-order valence-electron chi connectivity index (χ3n) is 3.44. The number of rotatable bonds is 8. The molecule has 0 unspecified atom stereocenters. The topological polar surface area (TPSA) is 70.2 Å². The van der Waals surface area contributed by atoms with E-state index in [1.165, 1.54) is 4.88 Å². The first-order valence-corrected chi connectivity index (χ1v) is 8.35. The van der Waals surface area contributed by atoms with Crippen molar-refractivity contribution in [2.45, 2.75) is 13.1 Å². The molecule has 1 aromatic carbocycles. The lowest BCUT2D eigenvalue weighted by Gasteiger charge is -2.11. The zero-order chi connectivity index (χ0) is 15.9. The molecule has 0 aliphatic rings. The van der Waals surface area contributed by atoms with E-state index in [1.54, 1.807) is 11.3 Å². The molecule has 0 fully saturated rings. The maximum atomic E-state index is 8.89. The van der Waals surface area contributed by atoms with E-state index in [0.717, 1.165) is 29.1 Å². The fraction of sp³-hybridized carbons (Fsp3) is 0.235. The minimum atomic E-state index is 0.0148. The predicted molar refractivity (Wildman–Crippen MR) is 91.5 cm³/mol. The van der Waals surface area contributed by atoms with Crippen molar-refractivity contribution in [2.24, 2.45) is 0 Å². The van der Waals surface area contributed by atoms with Gasteiger partial charge < -0.3 is 15.2 Å². The van der Waals surface area contributed by atoms with Crippen LogP contribution in [-0.2, 0) is 13.1 Å². The second-order valence-corrected chi connectivity index (χ2v) is 5.98. The number of aromatic nitrogens is 2. The van der Waals surface area contributed by atoms with Crippen molar-refractivity contribution in [2.75, 3.05) is 13.2 Å². The van der Waals surface area contributed by atoms with Crippen LogP contribution >= 0.6 is 11.3 Å². The first-order chi connectivity index (χ1) is 11.4. The molecule has 3 N–H and O–H groups in total. The molecule has 2 aromatic heterocycles. The third-order valence-corrected chi connectivity index (χ3v) is 4.33. The van der Waals surface area contributed by atoms with Gasteiger partial charge in [-0.1, -0.05) is 24.3 Å². The third kappa shape index (κ3) is 3.98. The summed E-state index contributed by atoms with van der Waals surface area (Å²) in [5, 5.41) is 21.6. The van der Waals surface area contributed by atoms with Crippen LogP contribution in [0.4, 0.5) is 0 Å². The van der Waals surface area contributed by atoms with Gasteiger partial charge in [0.2, 0.25) is 0 Å². The number of aliphatic hydroxyl groups is 1. The molecule has 0 amide bonds. The molecule has 0 bridgehead atoms. The van der Waals surface area contributed by atoms with E-state index in [0.29, 0.717) is 13.2 Å². The SMILES string of the molecule is OCCOc1ccccc1CNCc1cn[nH]c1-c1cccs1. The van der Waals surface area contributed by atoms with Crippen LogP contribution in [0.1, 0.15) is 11.1 Å². The summed E-state index contributed by atoms with van der Waals surface area (Å²) >= 11 is 1.69. The van der Waals surface area contributed by atoms with E-state index >= 15 is 0 Å². The van der Waals surface area contributed by atoms with Gasteiger partial charge in [-0.3, -0.25) is 5.10 Å². The molecular formula is C17H19N3O2S. The Morgan fingerprint density at radius 2 is 2.00 bits per heavy atom. The number of thiophene rings is 1. The van der Waals surface area contributed by atoms with Crippen LogP contribution in [0.15, 0.2) is 48.0 Å². The van der Waals surface area contributed by atoms with Crippen LogP contribution < -0.4 is 10.1 Å². The molecule has 0 aliphatic carbocycles. The lowest BCUT2D eigenvalue weighted by atomic mass is 10.2. The molecule has 0 spiro atoms. The predicted octanol–water partition coefficient (Wildman–Crippen LogP) is 2.80. The Balaban J connectivity index is 1.61. The molecule has 5 nitrogen and oxygen atoms in total. The van der Waals surface area contributed by atoms with E-state index in [9.17, 15) is 0 Å². The summed E-state index contributed by atoms with van der Waals surface area (Å²) in [4.78, 5) is 1.19. The summed E-state index contributed by atoms with van der Waals surface area (Å²) in [7, 11) is 0. The number of aliphatic hydroxyl groups excluding tert-OH is 1. The molecule has 120 valence electrons. The summed E-state index contributed by atoms with van der Waals surface area (Å²) in [5.74, 6) is 0.805. The van der Waals surface area contributed by atoms with E-state index in [1.807, 2.05) is 36.5 Å². The number of nitrogens with one attached hydrogen (secondary N) is 2. The van der Waals surface area contributed by atoms with Crippen molar-refractivity contribution in [3.8, 4) is 16.3 Å². The quantitative estimate of drug-likeness (QED) is 0.594. The van der Waals surface area contributed by atoms with Crippen molar-refractivity contribution in [1.29, 1.82) is 0 Å². The van der Waals surface area contributed by atoms with Gasteiger partial charge in [0.15, 0.2) is 0 Å². The molecule has 23 heavy (non-hydrogen) atoms.